The number of ether oxygens (including phenoxy) is 1. The fourth-order valence-electron chi connectivity index (χ4n) is 2.63. The highest BCUT2D eigenvalue weighted by molar-refractivity contribution is 8.00. The van der Waals surface area contributed by atoms with Crippen LogP contribution in [0.25, 0.3) is 0 Å². The van der Waals surface area contributed by atoms with E-state index in [0.717, 1.165) is 34.0 Å². The Hall–Kier alpha value is -2.86. The Balaban J connectivity index is 1.54. The topological polar surface area (TPSA) is 64.1 Å². The summed E-state index contributed by atoms with van der Waals surface area (Å²) in [6.45, 7) is 8.28. The fraction of sp³-hybridized carbons (Fsp3) is 0.261. The van der Waals surface area contributed by atoms with E-state index in [4.69, 9.17) is 4.74 Å². The van der Waals surface area contributed by atoms with Crippen LogP contribution < -0.4 is 10.1 Å². The smallest absolute Gasteiger partial charge is 0.237 e. The number of thioether (sulfide) groups is 1. The number of carbonyl (C=O) groups is 1. The highest BCUT2D eigenvalue weighted by atomic mass is 32.2. The van der Waals surface area contributed by atoms with Gasteiger partial charge < -0.3 is 10.1 Å². The summed E-state index contributed by atoms with van der Waals surface area (Å²) >= 11 is 1.36. The molecule has 150 valence electrons. The van der Waals surface area contributed by atoms with Crippen molar-refractivity contribution in [3.8, 4) is 5.75 Å². The van der Waals surface area contributed by atoms with Gasteiger partial charge in [0.2, 0.25) is 5.91 Å². The number of aromatic nitrogens is 2. The van der Waals surface area contributed by atoms with Gasteiger partial charge in [-0.3, -0.25) is 4.79 Å². The van der Waals surface area contributed by atoms with Crippen LogP contribution in [0.15, 0.2) is 59.8 Å². The average molecular weight is 408 g/mol. The van der Waals surface area contributed by atoms with Gasteiger partial charge in [-0.1, -0.05) is 42.1 Å². The van der Waals surface area contributed by atoms with E-state index in [1.165, 1.54) is 11.8 Å². The van der Waals surface area contributed by atoms with Gasteiger partial charge in [-0.15, -0.1) is 0 Å². The second kappa shape index (κ2) is 9.56. The zero-order valence-corrected chi connectivity index (χ0v) is 17.9. The van der Waals surface area contributed by atoms with Crippen LogP contribution in [0.1, 0.15) is 29.4 Å². The summed E-state index contributed by atoms with van der Waals surface area (Å²) in [5.41, 5.74) is 4.81. The third kappa shape index (κ3) is 5.81. The summed E-state index contributed by atoms with van der Waals surface area (Å²) in [4.78, 5) is 21.5. The first-order valence-electron chi connectivity index (χ1n) is 9.48. The summed E-state index contributed by atoms with van der Waals surface area (Å²) in [6, 6.07) is 17.4. The molecule has 0 radical (unpaired) electrons. The Labute approximate surface area is 175 Å². The normalized spacial score (nSPS) is 11.7. The number of aryl methyl sites for hydroxylation is 2. The maximum Gasteiger partial charge on any atom is 0.237 e. The zero-order chi connectivity index (χ0) is 20.8. The largest absolute Gasteiger partial charge is 0.489 e. The van der Waals surface area contributed by atoms with E-state index in [2.05, 4.69) is 15.3 Å². The number of hydrogen-bond donors (Lipinski definition) is 1. The van der Waals surface area contributed by atoms with Crippen LogP contribution in [0.3, 0.4) is 0 Å². The third-order valence-electron chi connectivity index (χ3n) is 4.63. The number of amides is 1. The lowest BCUT2D eigenvalue weighted by atomic mass is 10.2. The number of benzene rings is 2. The van der Waals surface area contributed by atoms with E-state index < -0.39 is 0 Å². The van der Waals surface area contributed by atoms with Crippen LogP contribution in [0.4, 0.5) is 5.69 Å². The molecule has 0 spiro atoms. The Morgan fingerprint density at radius 3 is 2.24 bits per heavy atom. The second-order valence-corrected chi connectivity index (χ2v) is 8.16. The molecule has 2 aromatic carbocycles. The first kappa shape index (κ1) is 20.9. The molecule has 0 fully saturated rings. The minimum absolute atomic E-state index is 0.0903. The molecule has 3 rings (SSSR count). The maximum atomic E-state index is 12.5. The van der Waals surface area contributed by atoms with Crippen molar-refractivity contribution in [2.75, 3.05) is 5.32 Å². The molecule has 5 nitrogen and oxygen atoms in total. The van der Waals surface area contributed by atoms with Crippen molar-refractivity contribution in [1.82, 2.24) is 9.97 Å². The van der Waals surface area contributed by atoms with Crippen LogP contribution in [-0.2, 0) is 11.4 Å². The SMILES string of the molecule is Cc1nc(S[C@H](C)C(=O)Nc2ccc(OCc3ccccc3)cc2)nc(C)c1C. The van der Waals surface area contributed by atoms with Gasteiger partial charge in [-0.05, 0) is 63.1 Å². The van der Waals surface area contributed by atoms with Crippen molar-refractivity contribution in [1.29, 1.82) is 0 Å². The lowest BCUT2D eigenvalue weighted by molar-refractivity contribution is -0.115. The van der Waals surface area contributed by atoms with Crippen molar-refractivity contribution in [3.05, 3.63) is 77.1 Å². The molecule has 1 atom stereocenters. The van der Waals surface area contributed by atoms with Crippen LogP contribution in [0.2, 0.25) is 0 Å². The third-order valence-corrected chi connectivity index (χ3v) is 5.59. The summed E-state index contributed by atoms with van der Waals surface area (Å²) in [6.07, 6.45) is 0. The predicted molar refractivity (Wildman–Crippen MR) is 117 cm³/mol. The lowest BCUT2D eigenvalue weighted by Crippen LogP contribution is -2.22. The van der Waals surface area contributed by atoms with Crippen LogP contribution in [0, 0.1) is 20.8 Å². The van der Waals surface area contributed by atoms with E-state index in [1.807, 2.05) is 82.3 Å². The molecule has 0 saturated carbocycles. The van der Waals surface area contributed by atoms with Gasteiger partial charge in [0, 0.05) is 17.1 Å². The molecule has 0 aliphatic carbocycles. The van der Waals surface area contributed by atoms with E-state index in [0.29, 0.717) is 11.8 Å². The van der Waals surface area contributed by atoms with Gasteiger partial charge in [0.15, 0.2) is 5.16 Å². The highest BCUT2D eigenvalue weighted by Crippen LogP contribution is 2.23. The molecule has 29 heavy (non-hydrogen) atoms. The number of anilines is 1. The van der Waals surface area contributed by atoms with E-state index >= 15 is 0 Å². The molecule has 1 N–H and O–H groups in total. The van der Waals surface area contributed by atoms with Crippen LogP contribution in [0.5, 0.6) is 5.75 Å². The summed E-state index contributed by atoms with van der Waals surface area (Å²) in [5, 5.41) is 3.24. The molecule has 0 aliphatic rings. The predicted octanol–water partition coefficient (Wildman–Crippen LogP) is 5.10. The fourth-order valence-corrected chi connectivity index (χ4v) is 3.49. The molecule has 0 bridgehead atoms. The number of nitrogens with zero attached hydrogens (tertiary/aromatic N) is 2. The van der Waals surface area contributed by atoms with Crippen molar-refractivity contribution >= 4 is 23.4 Å². The Morgan fingerprint density at radius 1 is 1.00 bits per heavy atom. The van der Waals surface area contributed by atoms with Crippen molar-refractivity contribution in [3.63, 3.8) is 0 Å². The minimum atomic E-state index is -0.314. The standard InChI is InChI=1S/C23H25N3O2S/c1-15-16(2)24-23(25-17(15)3)29-18(4)22(27)26-20-10-12-21(13-11-20)28-14-19-8-6-5-7-9-19/h5-13,18H,14H2,1-4H3,(H,26,27)/t18-/m1/s1. The lowest BCUT2D eigenvalue weighted by Gasteiger charge is -2.13. The van der Waals surface area contributed by atoms with E-state index in [1.54, 1.807) is 0 Å². The molecule has 3 aromatic rings. The molecular formula is C23H25N3O2S. The van der Waals surface area contributed by atoms with Crippen LogP contribution in [-0.4, -0.2) is 21.1 Å². The molecule has 1 heterocycles. The molecule has 1 amide bonds. The first-order chi connectivity index (χ1) is 13.9. The maximum absolute atomic E-state index is 12.5. The van der Waals surface area contributed by atoms with E-state index in [9.17, 15) is 4.79 Å². The molecule has 6 heteroatoms. The number of rotatable bonds is 7. The Kier molecular flexibility index (Phi) is 6.88. The second-order valence-electron chi connectivity index (χ2n) is 6.85. The minimum Gasteiger partial charge on any atom is -0.489 e. The summed E-state index contributed by atoms with van der Waals surface area (Å²) in [7, 11) is 0. The van der Waals surface area contributed by atoms with Gasteiger partial charge in [0.1, 0.15) is 12.4 Å². The monoisotopic (exact) mass is 407 g/mol. The zero-order valence-electron chi connectivity index (χ0n) is 17.1. The summed E-state index contributed by atoms with van der Waals surface area (Å²) in [5.74, 6) is 0.667. The van der Waals surface area contributed by atoms with Gasteiger partial charge in [-0.25, -0.2) is 9.97 Å². The van der Waals surface area contributed by atoms with Gasteiger partial charge in [0.25, 0.3) is 0 Å². The van der Waals surface area contributed by atoms with Crippen LogP contribution >= 0.6 is 11.8 Å². The van der Waals surface area contributed by atoms with E-state index in [-0.39, 0.29) is 11.2 Å². The Morgan fingerprint density at radius 2 is 1.62 bits per heavy atom. The van der Waals surface area contributed by atoms with Crippen molar-refractivity contribution in [2.24, 2.45) is 0 Å². The summed E-state index contributed by atoms with van der Waals surface area (Å²) < 4.78 is 5.78. The molecule has 0 aliphatic heterocycles. The Bertz CT molecular complexity index is 952. The first-order valence-corrected chi connectivity index (χ1v) is 10.4. The average Bonchev–Trinajstić information content (AvgIpc) is 2.72. The quantitative estimate of drug-likeness (QED) is 0.436. The number of carbonyl (C=O) groups excluding carboxylic acids is 1. The van der Waals surface area contributed by atoms with Gasteiger partial charge in [0.05, 0.1) is 5.25 Å². The molecule has 1 aromatic heterocycles. The molecule has 0 unspecified atom stereocenters. The van der Waals surface area contributed by atoms with Gasteiger partial charge >= 0.3 is 0 Å². The number of hydrogen-bond acceptors (Lipinski definition) is 5. The number of nitrogens with one attached hydrogen (secondary N) is 1. The van der Waals surface area contributed by atoms with Crippen molar-refractivity contribution in [2.45, 2.75) is 44.7 Å². The highest BCUT2D eigenvalue weighted by Gasteiger charge is 2.17. The van der Waals surface area contributed by atoms with Gasteiger partial charge in [-0.2, -0.15) is 0 Å². The molecular weight excluding hydrogens is 382 g/mol. The van der Waals surface area contributed by atoms with Crippen molar-refractivity contribution < 1.29 is 9.53 Å². The molecule has 0 saturated heterocycles.